The Morgan fingerprint density at radius 3 is 2.29 bits per heavy atom. The lowest BCUT2D eigenvalue weighted by atomic mass is 9.83. The Morgan fingerprint density at radius 1 is 0.886 bits per heavy atom. The number of benzene rings is 2. The molecule has 0 saturated heterocycles. The Bertz CT molecular complexity index is 1280. The van der Waals surface area contributed by atoms with Crippen molar-refractivity contribution >= 4 is 23.0 Å². The van der Waals surface area contributed by atoms with E-state index in [1.165, 1.54) is 22.4 Å². The van der Waals surface area contributed by atoms with Gasteiger partial charge >= 0.3 is 0 Å². The summed E-state index contributed by atoms with van der Waals surface area (Å²) in [6.07, 6.45) is 5.31. The van der Waals surface area contributed by atoms with Crippen LogP contribution in [0.1, 0.15) is 43.4 Å². The lowest BCUT2D eigenvalue weighted by molar-refractivity contribution is 0.352. The molecule has 182 valence electrons. The quantitative estimate of drug-likeness (QED) is 0.457. The molecule has 0 spiro atoms. The molecule has 0 bridgehead atoms. The number of allylic oxidation sites excluding steroid dienone is 2. The van der Waals surface area contributed by atoms with Crippen LogP contribution in [0.2, 0.25) is 0 Å². The van der Waals surface area contributed by atoms with Gasteiger partial charge in [-0.05, 0) is 84.2 Å². The second-order valence-corrected chi connectivity index (χ2v) is 9.51. The number of amidine groups is 1. The maximum Gasteiger partial charge on any atom is 0.173 e. The summed E-state index contributed by atoms with van der Waals surface area (Å²) in [5.41, 5.74) is 7.15. The van der Waals surface area contributed by atoms with Crippen LogP contribution in [0.4, 0.5) is 0 Å². The van der Waals surface area contributed by atoms with Gasteiger partial charge in [0.05, 0.1) is 40.2 Å². The Labute approximate surface area is 210 Å². The highest BCUT2D eigenvalue weighted by Gasteiger charge is 2.38. The van der Waals surface area contributed by atoms with E-state index in [2.05, 4.69) is 41.5 Å². The number of ether oxygens (including phenoxy) is 4. The van der Waals surface area contributed by atoms with Crippen molar-refractivity contribution < 1.29 is 18.9 Å². The van der Waals surface area contributed by atoms with Crippen LogP contribution in [0.5, 0.6) is 23.0 Å². The molecule has 35 heavy (non-hydrogen) atoms. The predicted octanol–water partition coefficient (Wildman–Crippen LogP) is 6.56. The third-order valence-corrected chi connectivity index (χ3v) is 7.65. The van der Waals surface area contributed by atoms with Gasteiger partial charge in [0, 0.05) is 5.70 Å². The van der Waals surface area contributed by atoms with Crippen LogP contribution in [0.15, 0.2) is 69.3 Å². The lowest BCUT2D eigenvalue weighted by Gasteiger charge is -2.39. The summed E-state index contributed by atoms with van der Waals surface area (Å²) in [5.74, 6) is 2.92. The number of hydrogen-bond acceptors (Lipinski definition) is 7. The number of thioether (sulfide) groups is 1. The van der Waals surface area contributed by atoms with Crippen LogP contribution < -0.4 is 18.9 Å². The molecule has 0 saturated carbocycles. The van der Waals surface area contributed by atoms with Crippen molar-refractivity contribution in [3.63, 3.8) is 0 Å². The number of methoxy groups -OCH3 is 4. The molecule has 2 aliphatic heterocycles. The molecule has 2 aromatic carbocycles. The fourth-order valence-electron chi connectivity index (χ4n) is 5.03. The smallest absolute Gasteiger partial charge is 0.173 e. The van der Waals surface area contributed by atoms with Crippen LogP contribution in [0.3, 0.4) is 0 Å². The van der Waals surface area contributed by atoms with Crippen molar-refractivity contribution in [1.29, 1.82) is 0 Å². The summed E-state index contributed by atoms with van der Waals surface area (Å²) in [5, 5.41) is 3.20. The molecule has 0 aromatic heterocycles. The molecule has 6 nitrogen and oxygen atoms in total. The summed E-state index contributed by atoms with van der Waals surface area (Å²) in [4.78, 5) is 7.53. The van der Waals surface area contributed by atoms with Crippen molar-refractivity contribution in [1.82, 2.24) is 4.90 Å². The molecule has 2 heterocycles. The van der Waals surface area contributed by atoms with E-state index in [9.17, 15) is 0 Å². The van der Waals surface area contributed by atoms with Crippen LogP contribution >= 0.6 is 11.8 Å². The topological polar surface area (TPSA) is 52.5 Å². The fourth-order valence-corrected chi connectivity index (χ4v) is 5.92. The van der Waals surface area contributed by atoms with Crippen molar-refractivity contribution in [2.75, 3.05) is 28.4 Å². The Kier molecular flexibility index (Phi) is 6.52. The molecular formula is C28H30N2O4S. The van der Waals surface area contributed by atoms with Crippen molar-refractivity contribution in [3.8, 4) is 23.0 Å². The largest absolute Gasteiger partial charge is 0.493 e. The average Bonchev–Trinajstić information content (AvgIpc) is 3.27. The number of hydrogen-bond donors (Lipinski definition) is 0. The first-order valence-electron chi connectivity index (χ1n) is 11.7. The van der Waals surface area contributed by atoms with Gasteiger partial charge in [0.1, 0.15) is 0 Å². The third-order valence-electron chi connectivity index (χ3n) is 6.69. The van der Waals surface area contributed by atoms with E-state index >= 15 is 0 Å². The lowest BCUT2D eigenvalue weighted by Crippen LogP contribution is -2.34. The molecule has 5 rings (SSSR count). The molecule has 1 unspecified atom stereocenters. The molecule has 3 aliphatic rings. The van der Waals surface area contributed by atoms with Crippen molar-refractivity contribution in [2.45, 2.75) is 32.2 Å². The van der Waals surface area contributed by atoms with Gasteiger partial charge in [0.25, 0.3) is 0 Å². The number of rotatable bonds is 6. The minimum Gasteiger partial charge on any atom is -0.493 e. The standard InChI is InChI=1S/C28H30N2O4S/c1-17-16-35-28-29-26-19(13-18-9-11-22(31-2)24(14-18)33-4)7-6-8-21(26)27(30(17)28)20-10-12-23(32-3)25(15-20)34-5/h9-16,27H,6-8H2,1-5H3/b19-13+. The Morgan fingerprint density at radius 2 is 1.57 bits per heavy atom. The van der Waals surface area contributed by atoms with E-state index in [1.54, 1.807) is 40.2 Å². The van der Waals surface area contributed by atoms with E-state index < -0.39 is 0 Å². The maximum atomic E-state index is 5.64. The molecule has 0 amide bonds. The predicted molar refractivity (Wildman–Crippen MR) is 141 cm³/mol. The van der Waals surface area contributed by atoms with Crippen LogP contribution in [0.25, 0.3) is 6.08 Å². The molecule has 7 heteroatoms. The first-order chi connectivity index (χ1) is 17.1. The zero-order valence-corrected chi connectivity index (χ0v) is 21.6. The number of nitrogens with zero attached hydrogens (tertiary/aromatic N) is 2. The average molecular weight is 491 g/mol. The van der Waals surface area contributed by atoms with Crippen LogP contribution in [0, 0.1) is 0 Å². The second kappa shape index (κ2) is 9.74. The van der Waals surface area contributed by atoms with Gasteiger partial charge in [-0.3, -0.25) is 0 Å². The Balaban J connectivity index is 1.62. The van der Waals surface area contributed by atoms with Gasteiger partial charge in [-0.2, -0.15) is 0 Å². The van der Waals surface area contributed by atoms with Crippen molar-refractivity contribution in [2.24, 2.45) is 4.99 Å². The van der Waals surface area contributed by atoms with Gasteiger partial charge in [-0.25, -0.2) is 4.99 Å². The zero-order valence-electron chi connectivity index (χ0n) is 20.8. The number of fused-ring (bicyclic) bond motifs is 1. The monoisotopic (exact) mass is 490 g/mol. The first kappa shape index (κ1) is 23.4. The first-order valence-corrected chi connectivity index (χ1v) is 12.5. The minimum absolute atomic E-state index is 0.0673. The van der Waals surface area contributed by atoms with E-state index in [0.29, 0.717) is 0 Å². The highest BCUT2D eigenvalue weighted by atomic mass is 32.2. The molecule has 2 aromatic rings. The Hall–Kier alpha value is -3.32. The SMILES string of the molecule is COc1ccc(/C=C2\CCCC3=C2N=C2SC=C(C)N2C3c2ccc(OC)c(OC)c2)cc1OC. The van der Waals surface area contributed by atoms with E-state index in [1.807, 2.05) is 18.2 Å². The molecule has 0 radical (unpaired) electrons. The fraction of sp³-hybridized carbons (Fsp3) is 0.321. The molecule has 0 N–H and O–H groups in total. The van der Waals surface area contributed by atoms with Gasteiger partial charge in [0.15, 0.2) is 28.2 Å². The van der Waals surface area contributed by atoms with Gasteiger partial charge in [0.2, 0.25) is 0 Å². The third kappa shape index (κ3) is 4.18. The number of aliphatic imine (C=N–C) groups is 1. The normalized spacial score (nSPS) is 20.2. The minimum atomic E-state index is 0.0673. The summed E-state index contributed by atoms with van der Waals surface area (Å²) < 4.78 is 22.1. The van der Waals surface area contributed by atoms with E-state index in [4.69, 9.17) is 23.9 Å². The van der Waals surface area contributed by atoms with Crippen LogP contribution in [-0.2, 0) is 0 Å². The second-order valence-electron chi connectivity index (χ2n) is 8.67. The molecular weight excluding hydrogens is 460 g/mol. The molecule has 0 fully saturated rings. The van der Waals surface area contributed by atoms with E-state index in [-0.39, 0.29) is 6.04 Å². The summed E-state index contributed by atoms with van der Waals surface area (Å²) in [6.45, 7) is 2.15. The molecule has 1 atom stereocenters. The van der Waals surface area contributed by atoms with E-state index in [0.717, 1.165) is 58.7 Å². The highest BCUT2D eigenvalue weighted by molar-refractivity contribution is 8.16. The molecule has 1 aliphatic carbocycles. The maximum absolute atomic E-state index is 5.64. The van der Waals surface area contributed by atoms with Crippen LogP contribution in [-0.4, -0.2) is 38.5 Å². The summed E-state index contributed by atoms with van der Waals surface area (Å²) in [6, 6.07) is 12.3. The van der Waals surface area contributed by atoms with Gasteiger partial charge in [-0.15, -0.1) is 0 Å². The van der Waals surface area contributed by atoms with Gasteiger partial charge < -0.3 is 23.8 Å². The zero-order chi connectivity index (χ0) is 24.5. The van der Waals surface area contributed by atoms with Crippen molar-refractivity contribution in [3.05, 3.63) is 75.5 Å². The summed E-state index contributed by atoms with van der Waals surface area (Å²) in [7, 11) is 6.67. The summed E-state index contributed by atoms with van der Waals surface area (Å²) >= 11 is 1.69. The van der Waals surface area contributed by atoms with Gasteiger partial charge in [-0.1, -0.05) is 23.9 Å². The highest BCUT2D eigenvalue weighted by Crippen LogP contribution is 2.50.